The largest absolute Gasteiger partial charge is 0.417 e. The van der Waals surface area contributed by atoms with Crippen molar-refractivity contribution in [3.63, 3.8) is 0 Å². The van der Waals surface area contributed by atoms with Gasteiger partial charge in [-0.3, -0.25) is 4.79 Å². The number of anilines is 1. The molecule has 0 aliphatic carbocycles. The number of amides is 1. The monoisotopic (exact) mass is 385 g/mol. The van der Waals surface area contributed by atoms with Gasteiger partial charge in [-0.25, -0.2) is 13.8 Å². The van der Waals surface area contributed by atoms with Gasteiger partial charge in [-0.2, -0.15) is 13.2 Å². The second-order valence-electron chi connectivity index (χ2n) is 6.26. The summed E-state index contributed by atoms with van der Waals surface area (Å²) in [7, 11) is 0. The van der Waals surface area contributed by atoms with Crippen molar-refractivity contribution in [3.8, 4) is 0 Å². The molecular weight excluding hydrogens is 369 g/mol. The van der Waals surface area contributed by atoms with Crippen LogP contribution in [0.5, 0.6) is 0 Å². The third kappa shape index (κ3) is 4.53. The number of alkyl halides is 3. The Kier molecular flexibility index (Phi) is 5.29. The Labute approximate surface area is 152 Å². The van der Waals surface area contributed by atoms with E-state index in [4.69, 9.17) is 0 Å². The fraction of sp³-hybridized carbons (Fsp3) is 0.333. The number of carbonyl (C=O) groups is 1. The molecule has 0 atom stereocenters. The quantitative estimate of drug-likeness (QED) is 0.818. The van der Waals surface area contributed by atoms with E-state index in [0.717, 1.165) is 30.5 Å². The Bertz CT molecular complexity index is 815. The van der Waals surface area contributed by atoms with Gasteiger partial charge in [-0.05, 0) is 43.2 Å². The van der Waals surface area contributed by atoms with Gasteiger partial charge in [0.15, 0.2) is 0 Å². The van der Waals surface area contributed by atoms with Gasteiger partial charge in [0, 0.05) is 25.3 Å². The molecule has 1 aromatic heterocycles. The number of hydrogen-bond acceptors (Lipinski definition) is 3. The summed E-state index contributed by atoms with van der Waals surface area (Å²) in [5.41, 5.74) is -1.17. The molecule has 0 spiro atoms. The summed E-state index contributed by atoms with van der Waals surface area (Å²) < 4.78 is 64.6. The Morgan fingerprint density at radius 1 is 1.11 bits per heavy atom. The lowest BCUT2D eigenvalue weighted by Crippen LogP contribution is -2.45. The lowest BCUT2D eigenvalue weighted by atomic mass is 10.0. The van der Waals surface area contributed by atoms with Gasteiger partial charge in [0.05, 0.1) is 11.1 Å². The zero-order valence-corrected chi connectivity index (χ0v) is 14.1. The van der Waals surface area contributed by atoms with E-state index in [-0.39, 0.29) is 11.6 Å². The molecule has 0 unspecified atom stereocenters. The number of nitrogens with one attached hydrogen (secondary N) is 1. The van der Waals surface area contributed by atoms with Gasteiger partial charge >= 0.3 is 6.18 Å². The highest BCUT2D eigenvalue weighted by Crippen LogP contribution is 2.29. The van der Waals surface area contributed by atoms with Crippen molar-refractivity contribution >= 4 is 11.7 Å². The SMILES string of the molecule is O=C(NC1CCN(c2ccc(C(F)(F)F)cn2)CC1)c1cc(F)ccc1F. The highest BCUT2D eigenvalue weighted by Gasteiger charge is 2.31. The molecule has 3 rings (SSSR count). The third-order valence-electron chi connectivity index (χ3n) is 4.40. The molecule has 144 valence electrons. The van der Waals surface area contributed by atoms with Gasteiger partial charge in [0.1, 0.15) is 17.5 Å². The number of benzene rings is 1. The van der Waals surface area contributed by atoms with Crippen LogP contribution >= 0.6 is 0 Å². The summed E-state index contributed by atoms with van der Waals surface area (Å²) in [5, 5.41) is 2.66. The summed E-state index contributed by atoms with van der Waals surface area (Å²) in [4.78, 5) is 17.8. The number of aromatic nitrogens is 1. The Balaban J connectivity index is 1.57. The van der Waals surface area contributed by atoms with E-state index >= 15 is 0 Å². The minimum absolute atomic E-state index is 0.245. The van der Waals surface area contributed by atoms with Gasteiger partial charge in [0.2, 0.25) is 0 Å². The normalized spacial score (nSPS) is 15.7. The van der Waals surface area contributed by atoms with E-state index in [1.807, 2.05) is 4.90 Å². The molecule has 1 fully saturated rings. The van der Waals surface area contributed by atoms with Crippen LogP contribution in [0.1, 0.15) is 28.8 Å². The van der Waals surface area contributed by atoms with Crippen molar-refractivity contribution in [1.29, 1.82) is 0 Å². The van der Waals surface area contributed by atoms with E-state index in [0.29, 0.717) is 31.7 Å². The molecule has 1 aliphatic rings. The van der Waals surface area contributed by atoms with Gasteiger partial charge in [0.25, 0.3) is 5.91 Å². The number of nitrogens with zero attached hydrogens (tertiary/aromatic N) is 2. The first-order chi connectivity index (χ1) is 12.7. The fourth-order valence-corrected chi connectivity index (χ4v) is 2.93. The number of carbonyl (C=O) groups excluding carboxylic acids is 1. The van der Waals surface area contributed by atoms with E-state index in [2.05, 4.69) is 10.3 Å². The van der Waals surface area contributed by atoms with Crippen LogP contribution in [0.4, 0.5) is 27.8 Å². The maximum atomic E-state index is 13.7. The molecule has 1 saturated heterocycles. The Morgan fingerprint density at radius 3 is 2.41 bits per heavy atom. The predicted molar refractivity (Wildman–Crippen MR) is 88.3 cm³/mol. The summed E-state index contributed by atoms with van der Waals surface area (Å²) in [5.74, 6) is -1.79. The van der Waals surface area contributed by atoms with Crippen LogP contribution in [0, 0.1) is 11.6 Å². The number of rotatable bonds is 3. The molecule has 1 amide bonds. The van der Waals surface area contributed by atoms with Crippen LogP contribution < -0.4 is 10.2 Å². The molecule has 1 N–H and O–H groups in total. The van der Waals surface area contributed by atoms with Gasteiger partial charge < -0.3 is 10.2 Å². The lowest BCUT2D eigenvalue weighted by molar-refractivity contribution is -0.137. The van der Waals surface area contributed by atoms with Crippen molar-refractivity contribution in [2.45, 2.75) is 25.1 Å². The second kappa shape index (κ2) is 7.50. The van der Waals surface area contributed by atoms with Crippen molar-refractivity contribution in [2.75, 3.05) is 18.0 Å². The predicted octanol–water partition coefficient (Wildman–Crippen LogP) is 3.78. The van der Waals surface area contributed by atoms with Crippen LogP contribution in [0.3, 0.4) is 0 Å². The van der Waals surface area contributed by atoms with Gasteiger partial charge in [-0.15, -0.1) is 0 Å². The molecule has 2 heterocycles. The van der Waals surface area contributed by atoms with Crippen LogP contribution in [0.2, 0.25) is 0 Å². The van der Waals surface area contributed by atoms with Crippen molar-refractivity contribution < 1.29 is 26.7 Å². The standard InChI is InChI=1S/C18H16F5N3O/c19-12-2-3-15(20)14(9-12)17(27)25-13-5-7-26(8-6-13)16-4-1-11(10-24-16)18(21,22)23/h1-4,9-10,13H,5-8H2,(H,25,27). The van der Waals surface area contributed by atoms with Crippen molar-refractivity contribution in [3.05, 3.63) is 59.3 Å². The summed E-state index contributed by atoms with van der Waals surface area (Å²) in [6.07, 6.45) is -2.64. The Morgan fingerprint density at radius 2 is 1.81 bits per heavy atom. The molecule has 1 aliphatic heterocycles. The van der Waals surface area contributed by atoms with E-state index < -0.39 is 29.3 Å². The smallest absolute Gasteiger partial charge is 0.356 e. The average Bonchev–Trinajstić information content (AvgIpc) is 2.63. The number of hydrogen-bond donors (Lipinski definition) is 1. The van der Waals surface area contributed by atoms with Crippen molar-refractivity contribution in [2.24, 2.45) is 0 Å². The molecule has 0 radical (unpaired) electrons. The number of pyridine rings is 1. The second-order valence-corrected chi connectivity index (χ2v) is 6.26. The molecule has 0 bridgehead atoms. The van der Waals surface area contributed by atoms with Crippen LogP contribution in [0.25, 0.3) is 0 Å². The zero-order valence-electron chi connectivity index (χ0n) is 14.1. The number of halogens is 5. The van der Waals surface area contributed by atoms with E-state index in [1.165, 1.54) is 6.07 Å². The van der Waals surface area contributed by atoms with E-state index in [9.17, 15) is 26.7 Å². The Hall–Kier alpha value is -2.71. The molecule has 2 aromatic rings. The highest BCUT2D eigenvalue weighted by atomic mass is 19.4. The van der Waals surface area contributed by atoms with Crippen molar-refractivity contribution in [1.82, 2.24) is 10.3 Å². The zero-order chi connectivity index (χ0) is 19.6. The molecular formula is C18H16F5N3O. The van der Waals surface area contributed by atoms with E-state index in [1.54, 1.807) is 0 Å². The minimum atomic E-state index is -4.44. The fourth-order valence-electron chi connectivity index (χ4n) is 2.93. The average molecular weight is 385 g/mol. The molecule has 9 heteroatoms. The van der Waals surface area contributed by atoms with Crippen LogP contribution in [-0.4, -0.2) is 30.0 Å². The maximum Gasteiger partial charge on any atom is 0.417 e. The highest BCUT2D eigenvalue weighted by molar-refractivity contribution is 5.94. The summed E-state index contributed by atoms with van der Waals surface area (Å²) >= 11 is 0. The van der Waals surface area contributed by atoms with Crippen LogP contribution in [-0.2, 0) is 6.18 Å². The molecule has 27 heavy (non-hydrogen) atoms. The molecule has 1 aromatic carbocycles. The topological polar surface area (TPSA) is 45.2 Å². The molecule has 0 saturated carbocycles. The summed E-state index contributed by atoms with van der Waals surface area (Å²) in [6.45, 7) is 0.934. The first-order valence-corrected chi connectivity index (χ1v) is 8.28. The first kappa shape index (κ1) is 19.1. The first-order valence-electron chi connectivity index (χ1n) is 8.28. The van der Waals surface area contributed by atoms with Gasteiger partial charge in [-0.1, -0.05) is 0 Å². The lowest BCUT2D eigenvalue weighted by Gasteiger charge is -2.33. The third-order valence-corrected chi connectivity index (χ3v) is 4.40. The molecule has 4 nitrogen and oxygen atoms in total. The summed E-state index contributed by atoms with van der Waals surface area (Å²) in [6, 6.07) is 4.70. The minimum Gasteiger partial charge on any atom is -0.356 e. The maximum absolute atomic E-state index is 13.7. The van der Waals surface area contributed by atoms with Crippen LogP contribution in [0.15, 0.2) is 36.5 Å². The number of piperidine rings is 1.